The zero-order chi connectivity index (χ0) is 26.2. The number of rotatable bonds is 7. The van der Waals surface area contributed by atoms with E-state index in [9.17, 15) is 4.39 Å². The summed E-state index contributed by atoms with van der Waals surface area (Å²) in [5.41, 5.74) is 7.35. The van der Waals surface area contributed by atoms with Gasteiger partial charge >= 0.3 is 0 Å². The van der Waals surface area contributed by atoms with Crippen LogP contribution in [0.3, 0.4) is 0 Å². The topological polar surface area (TPSA) is 95.2 Å². The number of nitrogens with zero attached hydrogens (tertiary/aromatic N) is 4. The maximum absolute atomic E-state index is 14.6. The Bertz CT molecular complexity index is 1780. The molecule has 1 aromatic carbocycles. The molecule has 0 atom stereocenters. The molecule has 1 saturated carbocycles. The van der Waals surface area contributed by atoms with Crippen molar-refractivity contribution in [2.24, 2.45) is 5.92 Å². The number of aromatic amines is 2. The third-order valence-corrected chi connectivity index (χ3v) is 7.71. The minimum Gasteiger partial charge on any atom is -0.345 e. The first-order chi connectivity index (χ1) is 19.2. The van der Waals surface area contributed by atoms with Gasteiger partial charge in [0.1, 0.15) is 22.8 Å². The van der Waals surface area contributed by atoms with Gasteiger partial charge in [-0.2, -0.15) is 0 Å². The Morgan fingerprint density at radius 3 is 2.64 bits per heavy atom. The van der Waals surface area contributed by atoms with E-state index in [1.54, 1.807) is 24.5 Å². The highest BCUT2D eigenvalue weighted by Gasteiger charge is 2.17. The number of hydrogen-bond acceptors (Lipinski definition) is 5. The van der Waals surface area contributed by atoms with Gasteiger partial charge in [-0.15, -0.1) is 0 Å². The van der Waals surface area contributed by atoms with E-state index < -0.39 is 0 Å². The van der Waals surface area contributed by atoms with Crippen molar-refractivity contribution in [2.45, 2.75) is 32.2 Å². The first kappa shape index (κ1) is 23.7. The summed E-state index contributed by atoms with van der Waals surface area (Å²) < 4.78 is 14.6. The normalized spacial score (nSPS) is 14.1. The van der Waals surface area contributed by atoms with Gasteiger partial charge in [0.25, 0.3) is 0 Å². The molecule has 0 bridgehead atoms. The number of pyridine rings is 3. The third kappa shape index (κ3) is 4.57. The molecule has 39 heavy (non-hydrogen) atoms. The lowest BCUT2D eigenvalue weighted by Crippen LogP contribution is -2.20. The van der Waals surface area contributed by atoms with Crippen molar-refractivity contribution in [3.8, 4) is 33.6 Å². The summed E-state index contributed by atoms with van der Waals surface area (Å²) in [6, 6.07) is 11.0. The highest BCUT2D eigenvalue weighted by molar-refractivity contribution is 5.98. The Labute approximate surface area is 225 Å². The van der Waals surface area contributed by atoms with Gasteiger partial charge in [0.15, 0.2) is 0 Å². The van der Waals surface area contributed by atoms with Crippen LogP contribution in [-0.2, 0) is 6.54 Å². The molecule has 0 aliphatic heterocycles. The molecule has 5 aromatic heterocycles. The second kappa shape index (κ2) is 10.0. The van der Waals surface area contributed by atoms with Gasteiger partial charge in [0, 0.05) is 70.7 Å². The average Bonchev–Trinajstić information content (AvgIpc) is 3.73. The molecule has 1 fully saturated rings. The minimum atomic E-state index is -0.304. The Morgan fingerprint density at radius 1 is 0.897 bits per heavy atom. The second-order valence-electron chi connectivity index (χ2n) is 10.3. The number of imidazole rings is 1. The van der Waals surface area contributed by atoms with Crippen molar-refractivity contribution in [1.29, 1.82) is 0 Å². The summed E-state index contributed by atoms with van der Waals surface area (Å²) in [4.78, 5) is 25.0. The molecular weight excluding hydrogens is 489 g/mol. The van der Waals surface area contributed by atoms with Crippen LogP contribution >= 0.6 is 0 Å². The van der Waals surface area contributed by atoms with Crippen molar-refractivity contribution in [3.63, 3.8) is 0 Å². The summed E-state index contributed by atoms with van der Waals surface area (Å²) >= 11 is 0. The molecule has 8 heteroatoms. The van der Waals surface area contributed by atoms with Crippen LogP contribution in [0.5, 0.6) is 0 Å². The number of hydrogen-bond donors (Lipinski definition) is 3. The predicted octanol–water partition coefficient (Wildman–Crippen LogP) is 6.65. The predicted molar refractivity (Wildman–Crippen MR) is 151 cm³/mol. The third-order valence-electron chi connectivity index (χ3n) is 7.71. The van der Waals surface area contributed by atoms with Gasteiger partial charge < -0.3 is 15.3 Å². The van der Waals surface area contributed by atoms with Gasteiger partial charge in [0.05, 0.1) is 11.7 Å². The molecule has 1 aliphatic carbocycles. The van der Waals surface area contributed by atoms with Gasteiger partial charge in [-0.1, -0.05) is 31.0 Å². The number of H-pyrrole nitrogens is 2. The maximum atomic E-state index is 14.6. The minimum absolute atomic E-state index is 0.304. The fraction of sp³-hybridized carbons (Fsp3) is 0.226. The number of fused-ring (bicyclic) bond motifs is 2. The highest BCUT2D eigenvalue weighted by Crippen LogP contribution is 2.34. The number of benzene rings is 1. The van der Waals surface area contributed by atoms with E-state index in [1.807, 2.05) is 30.9 Å². The summed E-state index contributed by atoms with van der Waals surface area (Å²) in [6.45, 7) is 1.87. The van der Waals surface area contributed by atoms with Crippen molar-refractivity contribution in [3.05, 3.63) is 85.0 Å². The molecule has 1 aliphatic rings. The van der Waals surface area contributed by atoms with Crippen LogP contribution in [0.1, 0.15) is 31.2 Å². The number of nitrogens with one attached hydrogen (secondary N) is 3. The zero-order valence-corrected chi connectivity index (χ0v) is 21.4. The Morgan fingerprint density at radius 2 is 1.74 bits per heavy atom. The van der Waals surface area contributed by atoms with Gasteiger partial charge in [-0.3, -0.25) is 9.97 Å². The molecule has 0 radical (unpaired) electrons. The molecule has 5 heterocycles. The van der Waals surface area contributed by atoms with Gasteiger partial charge in [0.2, 0.25) is 0 Å². The van der Waals surface area contributed by atoms with E-state index in [2.05, 4.69) is 42.4 Å². The van der Waals surface area contributed by atoms with E-state index in [1.165, 1.54) is 31.7 Å². The van der Waals surface area contributed by atoms with Crippen molar-refractivity contribution in [2.75, 3.05) is 6.54 Å². The van der Waals surface area contributed by atoms with E-state index in [0.717, 1.165) is 57.8 Å². The molecule has 194 valence electrons. The maximum Gasteiger partial charge on any atom is 0.140 e. The summed E-state index contributed by atoms with van der Waals surface area (Å²) in [5.74, 6) is 1.17. The Kier molecular flexibility index (Phi) is 6.09. The first-order valence-electron chi connectivity index (χ1n) is 13.4. The quantitative estimate of drug-likeness (QED) is 0.220. The zero-order valence-electron chi connectivity index (χ0n) is 21.4. The SMILES string of the molecule is Fc1ccccc1-c1cncc2[nH]c(-c3c[nH]c4ncc(-c5cncc(CNCC6CCCC6)c5)cc34)nc12. The molecule has 0 spiro atoms. The van der Waals surface area contributed by atoms with Crippen molar-refractivity contribution < 1.29 is 4.39 Å². The molecule has 3 N–H and O–H groups in total. The Balaban J connectivity index is 1.21. The molecule has 0 amide bonds. The lowest BCUT2D eigenvalue weighted by molar-refractivity contribution is 0.489. The lowest BCUT2D eigenvalue weighted by atomic mass is 10.1. The second-order valence-corrected chi connectivity index (χ2v) is 10.3. The molecule has 6 aromatic rings. The summed E-state index contributed by atoms with van der Waals surface area (Å²) in [5, 5.41) is 4.55. The van der Waals surface area contributed by atoms with Crippen molar-refractivity contribution in [1.82, 2.24) is 35.2 Å². The van der Waals surface area contributed by atoms with E-state index in [4.69, 9.17) is 4.98 Å². The lowest BCUT2D eigenvalue weighted by Gasteiger charge is -2.11. The van der Waals surface area contributed by atoms with Crippen LogP contribution in [0.15, 0.2) is 73.6 Å². The van der Waals surface area contributed by atoms with E-state index in [-0.39, 0.29) is 5.82 Å². The number of aromatic nitrogens is 6. The fourth-order valence-corrected chi connectivity index (χ4v) is 5.67. The van der Waals surface area contributed by atoms with E-state index in [0.29, 0.717) is 22.5 Å². The van der Waals surface area contributed by atoms with Crippen LogP contribution in [0.2, 0.25) is 0 Å². The molecule has 7 nitrogen and oxygen atoms in total. The molecular formula is C31H28FN7. The summed E-state index contributed by atoms with van der Waals surface area (Å²) in [7, 11) is 0. The largest absolute Gasteiger partial charge is 0.345 e. The Hall–Kier alpha value is -4.43. The smallest absolute Gasteiger partial charge is 0.140 e. The standard InChI is InChI=1S/C31H28FN7/c32-27-8-4-3-7-23(27)25-16-35-18-28-29(25)39-31(38-28)26-17-37-30-24(26)10-22(15-36-30)21-9-20(13-34-14-21)12-33-11-19-5-1-2-6-19/h3-4,7-10,13-19,33H,1-2,5-6,11-12H2,(H,36,37)(H,38,39). The van der Waals surface area contributed by atoms with Crippen molar-refractivity contribution >= 4 is 22.1 Å². The number of halogens is 1. The average molecular weight is 518 g/mol. The summed E-state index contributed by atoms with van der Waals surface area (Å²) in [6.07, 6.45) is 16.3. The molecule has 0 saturated heterocycles. The first-order valence-corrected chi connectivity index (χ1v) is 13.4. The van der Waals surface area contributed by atoms with Crippen LogP contribution in [0.25, 0.3) is 55.7 Å². The highest BCUT2D eigenvalue weighted by atomic mass is 19.1. The van der Waals surface area contributed by atoms with Crippen LogP contribution < -0.4 is 5.32 Å². The van der Waals surface area contributed by atoms with Gasteiger partial charge in [-0.05, 0) is 49.1 Å². The molecule has 0 unspecified atom stereocenters. The van der Waals surface area contributed by atoms with Crippen LogP contribution in [0, 0.1) is 11.7 Å². The monoisotopic (exact) mass is 517 g/mol. The van der Waals surface area contributed by atoms with Crippen LogP contribution in [-0.4, -0.2) is 36.4 Å². The van der Waals surface area contributed by atoms with Crippen LogP contribution in [0.4, 0.5) is 4.39 Å². The van der Waals surface area contributed by atoms with Gasteiger partial charge in [-0.25, -0.2) is 14.4 Å². The van der Waals surface area contributed by atoms with E-state index >= 15 is 0 Å². The molecule has 7 rings (SSSR count). The fourth-order valence-electron chi connectivity index (χ4n) is 5.67.